The smallest absolute Gasteiger partial charge is 0.330 e. The number of hydrogen-bond acceptors (Lipinski definition) is 5. The average Bonchev–Trinajstić information content (AvgIpc) is 2.56. The maximum atomic E-state index is 11.7. The summed E-state index contributed by atoms with van der Waals surface area (Å²) in [6, 6.07) is 14.2. The Bertz CT molecular complexity index is 735. The molecule has 0 amide bonds. The molecule has 5 heteroatoms. The Kier molecular flexibility index (Phi) is 6.14. The van der Waals surface area contributed by atoms with Crippen molar-refractivity contribution in [1.29, 1.82) is 0 Å². The maximum Gasteiger partial charge on any atom is 0.330 e. The van der Waals surface area contributed by atoms with Crippen molar-refractivity contribution in [2.24, 2.45) is 0 Å². The molecule has 0 saturated heterocycles. The number of aromatic hydroxyl groups is 1. The Morgan fingerprint density at radius 2 is 1.88 bits per heavy atom. The first-order valence-corrected chi connectivity index (χ1v) is 7.45. The molecular formula is C19H18O5. The van der Waals surface area contributed by atoms with Crippen LogP contribution in [0.25, 0.3) is 6.08 Å². The first-order chi connectivity index (χ1) is 11.5. The first-order valence-electron chi connectivity index (χ1n) is 7.45. The van der Waals surface area contributed by atoms with Crippen molar-refractivity contribution in [2.45, 2.75) is 13.3 Å². The molecule has 1 N–H and O–H groups in total. The van der Waals surface area contributed by atoms with Crippen molar-refractivity contribution in [3.8, 4) is 11.5 Å². The van der Waals surface area contributed by atoms with Crippen LogP contribution in [0.5, 0.6) is 11.5 Å². The second-order valence-corrected chi connectivity index (χ2v) is 5.06. The number of esters is 2. The summed E-state index contributed by atoms with van der Waals surface area (Å²) in [6.07, 6.45) is 3.45. The third kappa shape index (κ3) is 5.61. The SMILES string of the molecule is CC(=O)Oc1ccc(/C=C/C(=O)OCCc2ccccc2)cc1O. The summed E-state index contributed by atoms with van der Waals surface area (Å²) in [4.78, 5) is 22.5. The Balaban J connectivity index is 1.85. The second kappa shape index (κ2) is 8.53. The zero-order valence-corrected chi connectivity index (χ0v) is 13.3. The number of phenolic OH excluding ortho intramolecular Hbond substituents is 1. The third-order valence-corrected chi connectivity index (χ3v) is 3.13. The van der Waals surface area contributed by atoms with Crippen LogP contribution >= 0.6 is 0 Å². The largest absolute Gasteiger partial charge is 0.504 e. The lowest BCUT2D eigenvalue weighted by Crippen LogP contribution is -2.04. The van der Waals surface area contributed by atoms with Gasteiger partial charge in [0.05, 0.1) is 6.61 Å². The minimum Gasteiger partial charge on any atom is -0.504 e. The molecule has 0 aliphatic heterocycles. The molecule has 2 rings (SSSR count). The van der Waals surface area contributed by atoms with Gasteiger partial charge < -0.3 is 14.6 Å². The predicted octanol–water partition coefficient (Wildman–Crippen LogP) is 3.12. The van der Waals surface area contributed by atoms with E-state index in [1.165, 1.54) is 31.2 Å². The quantitative estimate of drug-likeness (QED) is 0.501. The van der Waals surface area contributed by atoms with Crippen molar-refractivity contribution >= 4 is 18.0 Å². The fraction of sp³-hybridized carbons (Fsp3) is 0.158. The van der Waals surface area contributed by atoms with Crippen molar-refractivity contribution in [3.05, 3.63) is 65.7 Å². The third-order valence-electron chi connectivity index (χ3n) is 3.13. The average molecular weight is 326 g/mol. The van der Waals surface area contributed by atoms with Crippen LogP contribution in [0.15, 0.2) is 54.6 Å². The van der Waals surface area contributed by atoms with Crippen molar-refractivity contribution < 1.29 is 24.2 Å². The number of carbonyl (C=O) groups excluding carboxylic acids is 2. The lowest BCUT2D eigenvalue weighted by atomic mass is 10.2. The van der Waals surface area contributed by atoms with Crippen LogP contribution in [0, 0.1) is 0 Å². The fourth-order valence-corrected chi connectivity index (χ4v) is 2.01. The van der Waals surface area contributed by atoms with E-state index in [2.05, 4.69) is 0 Å². The van der Waals surface area contributed by atoms with Gasteiger partial charge >= 0.3 is 11.9 Å². The van der Waals surface area contributed by atoms with E-state index < -0.39 is 11.9 Å². The standard InChI is InChI=1S/C19H18O5/c1-14(20)24-18-9-7-16(13-17(18)21)8-10-19(22)23-12-11-15-5-3-2-4-6-15/h2-10,13,21H,11-12H2,1H3/b10-8+. The van der Waals surface area contributed by atoms with Gasteiger partial charge in [0.15, 0.2) is 11.5 Å². The van der Waals surface area contributed by atoms with E-state index in [9.17, 15) is 14.7 Å². The summed E-state index contributed by atoms with van der Waals surface area (Å²) < 4.78 is 9.93. The van der Waals surface area contributed by atoms with Crippen LogP contribution in [0.2, 0.25) is 0 Å². The van der Waals surface area contributed by atoms with E-state index in [1.807, 2.05) is 30.3 Å². The molecule has 0 aliphatic carbocycles. The summed E-state index contributed by atoms with van der Waals surface area (Å²) in [5, 5.41) is 9.75. The molecule has 0 unspecified atom stereocenters. The molecule has 0 bridgehead atoms. The van der Waals surface area contributed by atoms with Gasteiger partial charge in [0.1, 0.15) is 0 Å². The number of hydrogen-bond donors (Lipinski definition) is 1. The molecule has 0 heterocycles. The number of benzene rings is 2. The first kappa shape index (κ1) is 17.3. The summed E-state index contributed by atoms with van der Waals surface area (Å²) in [5.41, 5.74) is 1.68. The van der Waals surface area contributed by atoms with Crippen LogP contribution in [-0.4, -0.2) is 23.7 Å². The molecule has 24 heavy (non-hydrogen) atoms. The van der Waals surface area contributed by atoms with Gasteiger partial charge in [-0.2, -0.15) is 0 Å². The van der Waals surface area contributed by atoms with Gasteiger partial charge in [0.25, 0.3) is 0 Å². The molecule has 0 spiro atoms. The Labute approximate surface area is 140 Å². The number of rotatable bonds is 6. The summed E-state index contributed by atoms with van der Waals surface area (Å²) >= 11 is 0. The summed E-state index contributed by atoms with van der Waals surface area (Å²) in [5.74, 6) is -1.08. The van der Waals surface area contributed by atoms with Gasteiger partial charge in [-0.1, -0.05) is 36.4 Å². The van der Waals surface area contributed by atoms with Gasteiger partial charge in [-0.15, -0.1) is 0 Å². The molecule has 2 aromatic carbocycles. The molecule has 124 valence electrons. The maximum absolute atomic E-state index is 11.7. The second-order valence-electron chi connectivity index (χ2n) is 5.06. The molecule has 2 aromatic rings. The van der Waals surface area contributed by atoms with E-state index in [-0.39, 0.29) is 11.5 Å². The normalized spacial score (nSPS) is 10.5. The van der Waals surface area contributed by atoms with E-state index in [0.29, 0.717) is 18.6 Å². The van der Waals surface area contributed by atoms with E-state index in [0.717, 1.165) is 5.56 Å². The van der Waals surface area contributed by atoms with Gasteiger partial charge in [0, 0.05) is 19.4 Å². The highest BCUT2D eigenvalue weighted by Gasteiger charge is 2.05. The van der Waals surface area contributed by atoms with Crippen molar-refractivity contribution in [1.82, 2.24) is 0 Å². The summed E-state index contributed by atoms with van der Waals surface area (Å²) in [6.45, 7) is 1.54. The number of phenols is 1. The zero-order valence-electron chi connectivity index (χ0n) is 13.3. The zero-order chi connectivity index (χ0) is 17.4. The molecule has 0 aliphatic rings. The minimum absolute atomic E-state index is 0.0742. The lowest BCUT2D eigenvalue weighted by molar-refractivity contribution is -0.137. The molecule has 0 aromatic heterocycles. The van der Waals surface area contributed by atoms with Gasteiger partial charge in [-0.05, 0) is 29.3 Å². The summed E-state index contributed by atoms with van der Waals surface area (Å²) in [7, 11) is 0. The van der Waals surface area contributed by atoms with Crippen molar-refractivity contribution in [2.75, 3.05) is 6.61 Å². The Morgan fingerprint density at radius 3 is 2.54 bits per heavy atom. The van der Waals surface area contributed by atoms with E-state index >= 15 is 0 Å². The highest BCUT2D eigenvalue weighted by molar-refractivity contribution is 5.87. The number of carbonyl (C=O) groups is 2. The monoisotopic (exact) mass is 326 g/mol. The molecule has 0 radical (unpaired) electrons. The van der Waals surface area contributed by atoms with Gasteiger partial charge in [-0.3, -0.25) is 4.79 Å². The lowest BCUT2D eigenvalue weighted by Gasteiger charge is -2.04. The van der Waals surface area contributed by atoms with Crippen LogP contribution in [0.1, 0.15) is 18.1 Å². The van der Waals surface area contributed by atoms with Crippen LogP contribution in [0.3, 0.4) is 0 Å². The molecule has 0 saturated carbocycles. The topological polar surface area (TPSA) is 72.8 Å². The Hall–Kier alpha value is -3.08. The molecule has 5 nitrogen and oxygen atoms in total. The van der Waals surface area contributed by atoms with Gasteiger partial charge in [0.2, 0.25) is 0 Å². The minimum atomic E-state index is -0.518. The molecule has 0 fully saturated rings. The van der Waals surface area contributed by atoms with Crippen LogP contribution in [-0.2, 0) is 20.7 Å². The van der Waals surface area contributed by atoms with Crippen LogP contribution < -0.4 is 4.74 Å². The highest BCUT2D eigenvalue weighted by atomic mass is 16.5. The number of ether oxygens (including phenoxy) is 2. The highest BCUT2D eigenvalue weighted by Crippen LogP contribution is 2.27. The van der Waals surface area contributed by atoms with E-state index in [4.69, 9.17) is 9.47 Å². The van der Waals surface area contributed by atoms with Crippen molar-refractivity contribution in [3.63, 3.8) is 0 Å². The molecule has 0 atom stereocenters. The molecular weight excluding hydrogens is 308 g/mol. The van der Waals surface area contributed by atoms with Crippen LogP contribution in [0.4, 0.5) is 0 Å². The predicted molar refractivity (Wildman–Crippen MR) is 89.6 cm³/mol. The fourth-order valence-electron chi connectivity index (χ4n) is 2.01. The Morgan fingerprint density at radius 1 is 1.12 bits per heavy atom. The van der Waals surface area contributed by atoms with E-state index in [1.54, 1.807) is 6.07 Å². The van der Waals surface area contributed by atoms with Gasteiger partial charge in [-0.25, -0.2) is 4.79 Å².